The molecule has 0 aromatic carbocycles. The molecular weight excluding hydrogens is 466 g/mol. The predicted molar refractivity (Wildman–Crippen MR) is 133 cm³/mol. The first-order valence-electron chi connectivity index (χ1n) is 12.8. The van der Waals surface area contributed by atoms with E-state index in [1.54, 1.807) is 20.8 Å². The van der Waals surface area contributed by atoms with E-state index in [0.717, 1.165) is 0 Å². The number of ketones is 1. The Bertz CT molecular complexity index is 891. The highest BCUT2D eigenvalue weighted by Crippen LogP contribution is 2.67. The highest BCUT2D eigenvalue weighted by Gasteiger charge is 2.80. The van der Waals surface area contributed by atoms with Crippen molar-refractivity contribution in [3.05, 3.63) is 12.7 Å². The number of carbonyl (C=O) groups excluding carboxylic acids is 2. The van der Waals surface area contributed by atoms with Gasteiger partial charge in [-0.25, -0.2) is 0 Å². The number of nitrogens with zero attached hydrogens (tertiary/aromatic N) is 1. The fourth-order valence-electron chi connectivity index (χ4n) is 7.53. The van der Waals surface area contributed by atoms with Gasteiger partial charge in [-0.05, 0) is 46.2 Å². The van der Waals surface area contributed by atoms with E-state index in [-0.39, 0.29) is 13.0 Å². The Hall–Kier alpha value is -1.36. The summed E-state index contributed by atoms with van der Waals surface area (Å²) in [5.74, 6) is -1.63. The van der Waals surface area contributed by atoms with E-state index >= 15 is 0 Å². The maximum Gasteiger partial charge on any atom is 0.303 e. The standard InChI is InChI=1S/C27H45NO8/c1-10-24(5)13-19(31)27(33)25(6)18(30)11-12-23(3,4)21(25)20(32)22(26(27,7)36-24)34-15-17(14-28(8)9)35-16(2)29/h10,17-18,20-22,30,32-33H,1,11-15H2,2-9H3/t17?,18-,20-,21?,22-,24-,25-,26+,27-/m0/s1. The van der Waals surface area contributed by atoms with Crippen LogP contribution < -0.4 is 0 Å². The summed E-state index contributed by atoms with van der Waals surface area (Å²) >= 11 is 0. The zero-order valence-electron chi connectivity index (χ0n) is 23.0. The van der Waals surface area contributed by atoms with Crippen LogP contribution in [0.2, 0.25) is 0 Å². The summed E-state index contributed by atoms with van der Waals surface area (Å²) in [6, 6.07) is 0. The van der Waals surface area contributed by atoms with Crippen molar-refractivity contribution in [2.45, 2.75) is 102 Å². The summed E-state index contributed by atoms with van der Waals surface area (Å²) in [6.07, 6.45) is -1.68. The zero-order chi connectivity index (χ0) is 27.5. The van der Waals surface area contributed by atoms with Gasteiger partial charge in [0.1, 0.15) is 17.8 Å². The highest BCUT2D eigenvalue weighted by atomic mass is 16.6. The van der Waals surface area contributed by atoms with Gasteiger partial charge in [0.2, 0.25) is 0 Å². The van der Waals surface area contributed by atoms with Crippen molar-refractivity contribution in [3.63, 3.8) is 0 Å². The molecule has 1 heterocycles. The van der Waals surface area contributed by atoms with Gasteiger partial charge in [-0.1, -0.05) is 26.8 Å². The van der Waals surface area contributed by atoms with Crippen molar-refractivity contribution in [2.75, 3.05) is 27.2 Å². The van der Waals surface area contributed by atoms with Crippen LogP contribution >= 0.6 is 0 Å². The van der Waals surface area contributed by atoms with Crippen LogP contribution in [0.1, 0.15) is 60.8 Å². The van der Waals surface area contributed by atoms with Crippen LogP contribution in [-0.4, -0.2) is 100 Å². The zero-order valence-corrected chi connectivity index (χ0v) is 23.0. The Morgan fingerprint density at radius 1 is 1.25 bits per heavy atom. The Kier molecular flexibility index (Phi) is 7.65. The van der Waals surface area contributed by atoms with Crippen LogP contribution in [0.15, 0.2) is 12.7 Å². The molecule has 0 aromatic heterocycles. The average molecular weight is 512 g/mol. The molecule has 3 aliphatic rings. The van der Waals surface area contributed by atoms with E-state index in [9.17, 15) is 24.9 Å². The molecule has 9 atom stereocenters. The van der Waals surface area contributed by atoms with Gasteiger partial charge < -0.3 is 34.4 Å². The Morgan fingerprint density at radius 3 is 2.39 bits per heavy atom. The van der Waals surface area contributed by atoms with Crippen molar-refractivity contribution in [2.24, 2.45) is 16.7 Å². The first kappa shape index (κ1) is 29.2. The molecule has 0 bridgehead atoms. The van der Waals surface area contributed by atoms with Crippen molar-refractivity contribution >= 4 is 11.8 Å². The minimum absolute atomic E-state index is 0.0834. The molecule has 2 unspecified atom stereocenters. The fourth-order valence-corrected chi connectivity index (χ4v) is 7.53. The molecule has 9 nitrogen and oxygen atoms in total. The molecule has 0 radical (unpaired) electrons. The predicted octanol–water partition coefficient (Wildman–Crippen LogP) is 1.47. The van der Waals surface area contributed by atoms with Crippen LogP contribution in [0.5, 0.6) is 0 Å². The van der Waals surface area contributed by atoms with E-state index in [4.69, 9.17) is 14.2 Å². The third kappa shape index (κ3) is 4.25. The second kappa shape index (κ2) is 9.43. The molecule has 3 N–H and O–H groups in total. The molecule has 1 saturated heterocycles. The number of likely N-dealkylation sites (N-methyl/N-ethyl adjacent to an activating group) is 1. The largest absolute Gasteiger partial charge is 0.459 e. The second-order valence-electron chi connectivity index (χ2n) is 12.6. The molecule has 9 heteroatoms. The number of ether oxygens (including phenoxy) is 3. The van der Waals surface area contributed by atoms with E-state index in [0.29, 0.717) is 19.4 Å². The van der Waals surface area contributed by atoms with Gasteiger partial charge >= 0.3 is 5.97 Å². The van der Waals surface area contributed by atoms with E-state index in [1.807, 2.05) is 32.8 Å². The maximum atomic E-state index is 13.9. The highest BCUT2D eigenvalue weighted by molar-refractivity contribution is 5.92. The second-order valence-corrected chi connectivity index (χ2v) is 12.6. The minimum Gasteiger partial charge on any atom is -0.459 e. The number of rotatable bonds is 7. The molecule has 0 amide bonds. The van der Waals surface area contributed by atoms with Crippen molar-refractivity contribution in [1.29, 1.82) is 0 Å². The lowest BCUT2D eigenvalue weighted by molar-refractivity contribution is -0.376. The van der Waals surface area contributed by atoms with Gasteiger partial charge in [0.25, 0.3) is 0 Å². The number of Topliss-reactive ketones (excluding diaryl/α,β-unsaturated/α-hetero) is 1. The third-order valence-corrected chi connectivity index (χ3v) is 9.09. The van der Waals surface area contributed by atoms with Crippen LogP contribution in [0.25, 0.3) is 0 Å². The van der Waals surface area contributed by atoms with Crippen LogP contribution in [0, 0.1) is 16.7 Å². The first-order chi connectivity index (χ1) is 16.4. The van der Waals surface area contributed by atoms with Crippen molar-refractivity contribution in [1.82, 2.24) is 4.90 Å². The summed E-state index contributed by atoms with van der Waals surface area (Å²) < 4.78 is 18.2. The number of carbonyl (C=O) groups is 2. The van der Waals surface area contributed by atoms with E-state index in [2.05, 4.69) is 6.58 Å². The lowest BCUT2D eigenvalue weighted by Crippen LogP contribution is -2.86. The molecule has 1 aliphatic heterocycles. The van der Waals surface area contributed by atoms with Gasteiger partial charge in [0.15, 0.2) is 11.4 Å². The molecule has 2 saturated carbocycles. The Morgan fingerprint density at radius 2 is 1.86 bits per heavy atom. The summed E-state index contributed by atoms with van der Waals surface area (Å²) in [7, 11) is 3.67. The van der Waals surface area contributed by atoms with Gasteiger partial charge in [0.05, 0.1) is 24.4 Å². The van der Waals surface area contributed by atoms with Gasteiger partial charge in [-0.3, -0.25) is 9.59 Å². The molecule has 36 heavy (non-hydrogen) atoms. The van der Waals surface area contributed by atoms with Crippen LogP contribution in [0.3, 0.4) is 0 Å². The summed E-state index contributed by atoms with van der Waals surface area (Å²) in [5, 5.41) is 35.8. The van der Waals surface area contributed by atoms with E-state index < -0.39 is 69.7 Å². The molecule has 3 rings (SSSR count). The van der Waals surface area contributed by atoms with Gasteiger partial charge in [0, 0.05) is 31.2 Å². The molecule has 206 valence electrons. The monoisotopic (exact) mass is 511 g/mol. The fraction of sp³-hybridized carbons (Fsp3) is 0.852. The lowest BCUT2D eigenvalue weighted by Gasteiger charge is -2.71. The SMILES string of the molecule is C=C[C@@]1(C)CC(=O)[C@@]2(O)[C@](C)(O1)[C@@H](OCC(CN(C)C)OC(C)=O)[C@@H](O)C1C(C)(C)CC[C@H](O)[C@@]12C. The number of aliphatic hydroxyl groups is 3. The van der Waals surface area contributed by atoms with Gasteiger partial charge in [-0.15, -0.1) is 6.58 Å². The van der Waals surface area contributed by atoms with Crippen molar-refractivity contribution in [3.8, 4) is 0 Å². The summed E-state index contributed by atoms with van der Waals surface area (Å²) in [5.41, 5.74) is -6.93. The summed E-state index contributed by atoms with van der Waals surface area (Å²) in [4.78, 5) is 27.5. The van der Waals surface area contributed by atoms with Crippen LogP contribution in [-0.2, 0) is 23.8 Å². The Labute approximate surface area is 214 Å². The molecule has 2 aliphatic carbocycles. The minimum atomic E-state index is -2.16. The number of aliphatic hydroxyl groups excluding tert-OH is 2. The molecular formula is C27H45NO8. The topological polar surface area (TPSA) is 126 Å². The molecule has 0 aromatic rings. The quantitative estimate of drug-likeness (QED) is 0.344. The number of esters is 1. The normalized spacial score (nSPS) is 44.9. The summed E-state index contributed by atoms with van der Waals surface area (Å²) in [6.45, 7) is 14.3. The average Bonchev–Trinajstić information content (AvgIpc) is 2.73. The first-order valence-corrected chi connectivity index (χ1v) is 12.8. The number of hydrogen-bond acceptors (Lipinski definition) is 9. The number of fused-ring (bicyclic) bond motifs is 3. The lowest BCUT2D eigenvalue weighted by atomic mass is 9.40. The van der Waals surface area contributed by atoms with Crippen LogP contribution in [0.4, 0.5) is 0 Å². The third-order valence-electron chi connectivity index (χ3n) is 9.09. The molecule has 0 spiro atoms. The molecule has 3 fully saturated rings. The smallest absolute Gasteiger partial charge is 0.303 e. The van der Waals surface area contributed by atoms with E-state index in [1.165, 1.54) is 13.0 Å². The number of hydrogen-bond donors (Lipinski definition) is 3. The van der Waals surface area contributed by atoms with Gasteiger partial charge in [-0.2, -0.15) is 0 Å². The maximum absolute atomic E-state index is 13.9. The van der Waals surface area contributed by atoms with Crippen molar-refractivity contribution < 1.29 is 39.1 Å². The Balaban J connectivity index is 2.15.